The lowest BCUT2D eigenvalue weighted by molar-refractivity contribution is -0.137. The van der Waals surface area contributed by atoms with Gasteiger partial charge in [-0.1, -0.05) is 0 Å². The molecule has 0 bridgehead atoms. The summed E-state index contributed by atoms with van der Waals surface area (Å²) in [6.45, 7) is 10.9. The maximum absolute atomic E-state index is 13.4. The predicted octanol–water partition coefficient (Wildman–Crippen LogP) is 5.52. The Balaban J connectivity index is 3.46. The van der Waals surface area contributed by atoms with Crippen molar-refractivity contribution in [3.8, 4) is 0 Å². The van der Waals surface area contributed by atoms with Crippen LogP contribution >= 0.6 is 15.2 Å². The third kappa shape index (κ3) is 7.49. The van der Waals surface area contributed by atoms with Gasteiger partial charge in [0.05, 0.1) is 39.2 Å². The predicted molar refractivity (Wildman–Crippen MR) is 113 cm³/mol. The smallest absolute Gasteiger partial charge is 0.365 e. The van der Waals surface area contributed by atoms with Gasteiger partial charge in [0.2, 0.25) is 0 Å². The minimum Gasteiger partial charge on any atom is -0.463 e. The highest BCUT2D eigenvalue weighted by molar-refractivity contribution is 7.65. The van der Waals surface area contributed by atoms with Crippen LogP contribution in [0.3, 0.4) is 0 Å². The lowest BCUT2D eigenvalue weighted by atomic mass is 10.2. The highest BCUT2D eigenvalue weighted by Crippen LogP contribution is 2.61. The number of carbonyl (C=O) groups is 1. The zero-order valence-electron chi connectivity index (χ0n) is 18.5. The lowest BCUT2D eigenvalue weighted by Gasteiger charge is -2.18. The maximum Gasteiger partial charge on any atom is 0.365 e. The van der Waals surface area contributed by atoms with Crippen molar-refractivity contribution in [1.82, 2.24) is 0 Å². The van der Waals surface area contributed by atoms with Crippen LogP contribution in [0, 0.1) is 6.92 Å². The first-order chi connectivity index (χ1) is 14.2. The zero-order chi connectivity index (χ0) is 22.8. The van der Waals surface area contributed by atoms with Gasteiger partial charge in [-0.05, 0) is 47.6 Å². The van der Waals surface area contributed by atoms with Crippen molar-refractivity contribution in [3.63, 3.8) is 0 Å². The molecule has 0 aliphatic carbocycles. The van der Waals surface area contributed by atoms with Crippen molar-refractivity contribution in [1.29, 1.82) is 0 Å². The van der Waals surface area contributed by atoms with E-state index in [-0.39, 0.29) is 50.3 Å². The Bertz CT molecular complexity index is 793. The molecule has 0 saturated heterocycles. The van der Waals surface area contributed by atoms with Gasteiger partial charge in [0.25, 0.3) is 0 Å². The molecule has 0 aliphatic heterocycles. The van der Waals surface area contributed by atoms with Crippen molar-refractivity contribution < 1.29 is 41.2 Å². The minimum atomic E-state index is -3.88. The summed E-state index contributed by atoms with van der Waals surface area (Å²) in [5.74, 6) is -0.198. The molecule has 11 heteroatoms. The fraction of sp³-hybridized carbons (Fsp3) is 0.632. The minimum absolute atomic E-state index is 0.0374. The van der Waals surface area contributed by atoms with Crippen molar-refractivity contribution in [2.75, 3.05) is 33.0 Å². The molecule has 1 rings (SSSR count). The summed E-state index contributed by atoms with van der Waals surface area (Å²) in [5, 5.41) is -0.0679. The SMILES string of the molecule is CCOC(=O)/C=C(\c1cc(CP(=O)(OCC)OCC)c(C)o1)P(=O)(OCC)OCC. The molecule has 1 aromatic heterocycles. The molecule has 0 aliphatic rings. The topological polar surface area (TPSA) is 111 Å². The third-order valence-corrected chi connectivity index (χ3v) is 7.89. The summed E-state index contributed by atoms with van der Waals surface area (Å²) in [4.78, 5) is 12.1. The number of ether oxygens (including phenoxy) is 1. The Morgan fingerprint density at radius 3 is 1.93 bits per heavy atom. The van der Waals surface area contributed by atoms with E-state index in [2.05, 4.69) is 0 Å². The summed E-state index contributed by atoms with van der Waals surface area (Å²) < 4.78 is 58.4. The number of carbonyl (C=O) groups excluding carboxylic acids is 1. The summed E-state index contributed by atoms with van der Waals surface area (Å²) in [7, 11) is -7.27. The van der Waals surface area contributed by atoms with Crippen LogP contribution in [0.1, 0.15) is 51.7 Å². The first kappa shape index (κ1) is 26.8. The van der Waals surface area contributed by atoms with Gasteiger partial charge < -0.3 is 27.2 Å². The zero-order valence-corrected chi connectivity index (χ0v) is 20.3. The number of hydrogen-bond donors (Lipinski definition) is 0. The van der Waals surface area contributed by atoms with Crippen LogP contribution in [0.25, 0.3) is 5.31 Å². The normalized spacial score (nSPS) is 12.9. The molecular weight excluding hydrogens is 434 g/mol. The Hall–Kier alpha value is -1.21. The van der Waals surface area contributed by atoms with E-state index >= 15 is 0 Å². The van der Waals surface area contributed by atoms with E-state index in [9.17, 15) is 13.9 Å². The second kappa shape index (κ2) is 12.6. The summed E-state index contributed by atoms with van der Waals surface area (Å²) in [6, 6.07) is 1.54. The van der Waals surface area contributed by atoms with Gasteiger partial charge >= 0.3 is 21.2 Å². The van der Waals surface area contributed by atoms with Gasteiger partial charge in [0, 0.05) is 11.6 Å². The van der Waals surface area contributed by atoms with E-state index in [1.54, 1.807) is 41.5 Å². The molecule has 0 N–H and O–H groups in total. The monoisotopic (exact) mass is 466 g/mol. The van der Waals surface area contributed by atoms with Crippen LogP contribution in [0.2, 0.25) is 0 Å². The van der Waals surface area contributed by atoms with E-state index in [1.165, 1.54) is 6.07 Å². The molecule has 0 spiro atoms. The Morgan fingerprint density at radius 1 is 0.933 bits per heavy atom. The quantitative estimate of drug-likeness (QED) is 0.199. The number of rotatable bonds is 14. The first-order valence-corrected chi connectivity index (χ1v) is 13.2. The Labute approximate surface area is 178 Å². The standard InChI is InChI=1S/C19H32O9P2/c1-7-23-19(20)13-18(30(22,26-10-4)27-11-5)17-12-16(15(6)28-17)14-29(21,24-8-2)25-9-3/h12-13H,7-11,14H2,1-6H3/b18-13+. The van der Waals surface area contributed by atoms with Crippen LogP contribution in [-0.4, -0.2) is 39.0 Å². The molecule has 9 nitrogen and oxygen atoms in total. The molecule has 0 radical (unpaired) electrons. The molecule has 1 aromatic rings. The van der Waals surface area contributed by atoms with Gasteiger partial charge in [-0.25, -0.2) is 4.79 Å². The molecule has 0 fully saturated rings. The van der Waals surface area contributed by atoms with Gasteiger partial charge in [0.1, 0.15) is 16.8 Å². The van der Waals surface area contributed by atoms with Gasteiger partial charge in [-0.3, -0.25) is 9.13 Å². The summed E-state index contributed by atoms with van der Waals surface area (Å²) in [6.07, 6.45) is 1.01. The second-order valence-corrected chi connectivity index (χ2v) is 9.96. The number of furan rings is 1. The van der Waals surface area contributed by atoms with Gasteiger partial charge in [-0.15, -0.1) is 0 Å². The van der Waals surface area contributed by atoms with E-state index < -0.39 is 21.2 Å². The maximum atomic E-state index is 13.4. The van der Waals surface area contributed by atoms with E-state index in [4.69, 9.17) is 27.2 Å². The molecule has 0 aromatic carbocycles. The van der Waals surface area contributed by atoms with Crippen molar-refractivity contribution >= 4 is 26.5 Å². The van der Waals surface area contributed by atoms with Crippen LogP contribution in [-0.2, 0) is 42.9 Å². The van der Waals surface area contributed by atoms with Gasteiger partial charge in [0.15, 0.2) is 0 Å². The number of aryl methyl sites for hydroxylation is 1. The molecule has 172 valence electrons. The number of esters is 1. The molecule has 0 saturated carbocycles. The Kier molecular flexibility index (Phi) is 11.3. The fourth-order valence-electron chi connectivity index (χ4n) is 2.63. The molecule has 0 amide bonds. The Morgan fingerprint density at radius 2 is 1.47 bits per heavy atom. The van der Waals surface area contributed by atoms with Crippen LogP contribution in [0.5, 0.6) is 0 Å². The molecule has 0 unspecified atom stereocenters. The molecule has 30 heavy (non-hydrogen) atoms. The molecular formula is C19H32O9P2. The second-order valence-electron chi connectivity index (χ2n) is 5.91. The van der Waals surface area contributed by atoms with Crippen molar-refractivity contribution in [2.45, 2.75) is 47.7 Å². The van der Waals surface area contributed by atoms with Crippen LogP contribution in [0.15, 0.2) is 16.6 Å². The first-order valence-electron chi connectivity index (χ1n) is 9.94. The van der Waals surface area contributed by atoms with Crippen molar-refractivity contribution in [3.05, 3.63) is 29.2 Å². The van der Waals surface area contributed by atoms with Crippen LogP contribution in [0.4, 0.5) is 0 Å². The van der Waals surface area contributed by atoms with E-state index in [0.29, 0.717) is 11.3 Å². The van der Waals surface area contributed by atoms with E-state index in [1.807, 2.05) is 0 Å². The van der Waals surface area contributed by atoms with Crippen molar-refractivity contribution in [2.24, 2.45) is 0 Å². The summed E-state index contributed by atoms with van der Waals surface area (Å²) >= 11 is 0. The summed E-state index contributed by atoms with van der Waals surface area (Å²) in [5.41, 5.74) is 0.532. The largest absolute Gasteiger partial charge is 0.463 e. The lowest BCUT2D eigenvalue weighted by Crippen LogP contribution is -2.04. The molecule has 0 atom stereocenters. The number of hydrogen-bond acceptors (Lipinski definition) is 9. The average Bonchev–Trinajstić information content (AvgIpc) is 3.00. The van der Waals surface area contributed by atoms with E-state index in [0.717, 1.165) is 6.08 Å². The average molecular weight is 466 g/mol. The molecule has 1 heterocycles. The van der Waals surface area contributed by atoms with Crippen LogP contribution < -0.4 is 0 Å². The highest BCUT2D eigenvalue weighted by Gasteiger charge is 2.35. The highest BCUT2D eigenvalue weighted by atomic mass is 31.2. The third-order valence-electron chi connectivity index (χ3n) is 3.72. The fourth-order valence-corrected chi connectivity index (χ4v) is 6.08. The van der Waals surface area contributed by atoms with Gasteiger partial charge in [-0.2, -0.15) is 0 Å².